The summed E-state index contributed by atoms with van der Waals surface area (Å²) in [6, 6.07) is 5.76. The van der Waals surface area contributed by atoms with Gasteiger partial charge >= 0.3 is 0 Å². The summed E-state index contributed by atoms with van der Waals surface area (Å²) in [5.41, 5.74) is 1.98. The van der Waals surface area contributed by atoms with Crippen molar-refractivity contribution < 1.29 is 4.79 Å². The zero-order valence-corrected chi connectivity index (χ0v) is 9.60. The number of hydrogen-bond acceptors (Lipinski definition) is 3. The van der Waals surface area contributed by atoms with E-state index in [1.807, 2.05) is 25.1 Å². The Hall–Kier alpha value is -1.19. The number of rotatable bonds is 2. The highest BCUT2D eigenvalue weighted by Crippen LogP contribution is 2.28. The van der Waals surface area contributed by atoms with Gasteiger partial charge in [0.1, 0.15) is 5.01 Å². The molecular weight excluding hydrogens is 230 g/mol. The third-order valence-corrected chi connectivity index (χ3v) is 3.44. The van der Waals surface area contributed by atoms with E-state index in [0.29, 0.717) is 4.88 Å². The summed E-state index contributed by atoms with van der Waals surface area (Å²) in [4.78, 5) is 15.3. The Kier molecular flexibility index (Phi) is 2.84. The van der Waals surface area contributed by atoms with Gasteiger partial charge in [-0.25, -0.2) is 4.98 Å². The lowest BCUT2D eigenvalue weighted by molar-refractivity contribution is 0.112. The summed E-state index contributed by atoms with van der Waals surface area (Å²) < 4.78 is 0. The molecule has 0 aliphatic rings. The number of nitrogens with zero attached hydrogens (tertiary/aromatic N) is 1. The van der Waals surface area contributed by atoms with Gasteiger partial charge < -0.3 is 0 Å². The predicted molar refractivity (Wildman–Crippen MR) is 62.7 cm³/mol. The summed E-state index contributed by atoms with van der Waals surface area (Å²) in [6.07, 6.45) is 2.37. The smallest absolute Gasteiger partial charge is 0.161 e. The zero-order chi connectivity index (χ0) is 10.8. The van der Waals surface area contributed by atoms with E-state index < -0.39 is 0 Å². The fourth-order valence-corrected chi connectivity index (χ4v) is 2.11. The van der Waals surface area contributed by atoms with E-state index in [2.05, 4.69) is 4.98 Å². The van der Waals surface area contributed by atoms with Crippen LogP contribution >= 0.6 is 22.9 Å². The fraction of sp³-hybridized carbons (Fsp3) is 0.0909. The molecule has 4 heteroatoms. The van der Waals surface area contributed by atoms with Gasteiger partial charge in [0.15, 0.2) is 6.29 Å². The molecular formula is C11H8ClNOS. The average molecular weight is 238 g/mol. The van der Waals surface area contributed by atoms with Crippen LogP contribution in [0.25, 0.3) is 10.6 Å². The maximum absolute atomic E-state index is 10.5. The summed E-state index contributed by atoms with van der Waals surface area (Å²) in [5, 5.41) is 1.54. The minimum Gasteiger partial charge on any atom is -0.297 e. The molecule has 2 rings (SSSR count). The first kappa shape index (κ1) is 10.3. The largest absolute Gasteiger partial charge is 0.297 e. The van der Waals surface area contributed by atoms with Crippen molar-refractivity contribution in [1.82, 2.24) is 4.98 Å². The highest BCUT2D eigenvalue weighted by atomic mass is 35.5. The van der Waals surface area contributed by atoms with E-state index in [0.717, 1.165) is 27.4 Å². The molecule has 0 fully saturated rings. The minimum absolute atomic E-state index is 0.627. The molecule has 1 heterocycles. The number of carbonyl (C=O) groups is 1. The molecule has 0 bridgehead atoms. The van der Waals surface area contributed by atoms with Crippen molar-refractivity contribution in [3.05, 3.63) is 39.9 Å². The third kappa shape index (κ3) is 2.08. The number of aldehydes is 1. The van der Waals surface area contributed by atoms with Crippen molar-refractivity contribution in [1.29, 1.82) is 0 Å². The van der Waals surface area contributed by atoms with Crippen LogP contribution in [0, 0.1) is 6.92 Å². The van der Waals surface area contributed by atoms with Crippen LogP contribution in [-0.4, -0.2) is 11.3 Å². The summed E-state index contributed by atoms with van der Waals surface area (Å²) in [5.74, 6) is 0. The first-order valence-electron chi connectivity index (χ1n) is 4.38. The van der Waals surface area contributed by atoms with Crippen LogP contribution in [0.5, 0.6) is 0 Å². The normalized spacial score (nSPS) is 10.3. The van der Waals surface area contributed by atoms with Crippen molar-refractivity contribution in [3.63, 3.8) is 0 Å². The van der Waals surface area contributed by atoms with Crippen molar-refractivity contribution >= 4 is 29.2 Å². The maximum atomic E-state index is 10.5. The van der Waals surface area contributed by atoms with Gasteiger partial charge in [0.05, 0.1) is 4.88 Å². The molecule has 0 aliphatic heterocycles. The van der Waals surface area contributed by atoms with Gasteiger partial charge in [-0.1, -0.05) is 23.7 Å². The Morgan fingerprint density at radius 2 is 2.27 bits per heavy atom. The summed E-state index contributed by atoms with van der Waals surface area (Å²) >= 11 is 7.37. The number of aryl methyl sites for hydroxylation is 1. The third-order valence-electron chi connectivity index (χ3n) is 2.06. The molecule has 0 radical (unpaired) electrons. The first-order chi connectivity index (χ1) is 7.20. The topological polar surface area (TPSA) is 30.0 Å². The molecule has 15 heavy (non-hydrogen) atoms. The molecule has 0 N–H and O–H groups in total. The van der Waals surface area contributed by atoms with E-state index in [-0.39, 0.29) is 0 Å². The average Bonchev–Trinajstić information content (AvgIpc) is 2.70. The Morgan fingerprint density at radius 1 is 1.47 bits per heavy atom. The lowest BCUT2D eigenvalue weighted by atomic mass is 10.1. The van der Waals surface area contributed by atoms with Crippen LogP contribution < -0.4 is 0 Å². The van der Waals surface area contributed by atoms with Gasteiger partial charge in [-0.3, -0.25) is 4.79 Å². The highest BCUT2D eigenvalue weighted by Gasteiger charge is 2.05. The molecule has 2 aromatic rings. The lowest BCUT2D eigenvalue weighted by Gasteiger charge is -1.99. The highest BCUT2D eigenvalue weighted by molar-refractivity contribution is 7.16. The second kappa shape index (κ2) is 4.13. The molecule has 0 saturated heterocycles. The molecule has 0 spiro atoms. The van der Waals surface area contributed by atoms with Crippen LogP contribution in [0.4, 0.5) is 0 Å². The van der Waals surface area contributed by atoms with Gasteiger partial charge in [0.2, 0.25) is 0 Å². The molecule has 1 aromatic carbocycles. The van der Waals surface area contributed by atoms with E-state index in [1.165, 1.54) is 11.3 Å². The number of benzene rings is 1. The molecule has 0 saturated carbocycles. The second-order valence-corrected chi connectivity index (χ2v) is 4.62. The molecule has 1 aromatic heterocycles. The quantitative estimate of drug-likeness (QED) is 0.748. The van der Waals surface area contributed by atoms with Crippen LogP contribution in [0.3, 0.4) is 0 Å². The molecule has 2 nitrogen and oxygen atoms in total. The molecule has 0 amide bonds. The standard InChI is InChI=1S/C11H8ClNOS/c1-7-2-3-8(4-10(7)12)11-13-5-9(6-14)15-11/h2-6H,1H3. The number of aromatic nitrogens is 1. The SMILES string of the molecule is Cc1ccc(-c2ncc(C=O)s2)cc1Cl. The van der Waals surface area contributed by atoms with Crippen LogP contribution in [-0.2, 0) is 0 Å². The van der Waals surface area contributed by atoms with Gasteiger partial charge in [-0.15, -0.1) is 11.3 Å². The fourth-order valence-electron chi connectivity index (χ4n) is 1.20. The minimum atomic E-state index is 0.627. The Labute approximate surface area is 96.5 Å². The van der Waals surface area contributed by atoms with Crippen molar-refractivity contribution in [2.75, 3.05) is 0 Å². The lowest BCUT2D eigenvalue weighted by Crippen LogP contribution is -1.78. The summed E-state index contributed by atoms with van der Waals surface area (Å²) in [6.45, 7) is 1.95. The molecule has 0 atom stereocenters. The number of thiazole rings is 1. The maximum Gasteiger partial charge on any atom is 0.161 e. The Bertz CT molecular complexity index is 507. The van der Waals surface area contributed by atoms with E-state index >= 15 is 0 Å². The van der Waals surface area contributed by atoms with E-state index in [1.54, 1.807) is 6.20 Å². The van der Waals surface area contributed by atoms with Gasteiger partial charge in [0.25, 0.3) is 0 Å². The van der Waals surface area contributed by atoms with Gasteiger partial charge in [0, 0.05) is 16.8 Å². The van der Waals surface area contributed by atoms with E-state index in [4.69, 9.17) is 11.6 Å². The number of halogens is 1. The molecule has 0 aliphatic carbocycles. The Morgan fingerprint density at radius 3 is 2.87 bits per heavy atom. The van der Waals surface area contributed by atoms with Crippen molar-refractivity contribution in [2.24, 2.45) is 0 Å². The number of carbonyl (C=O) groups excluding carboxylic acids is 1. The summed E-state index contributed by atoms with van der Waals surface area (Å²) in [7, 11) is 0. The van der Waals surface area contributed by atoms with Crippen LogP contribution in [0.1, 0.15) is 15.2 Å². The van der Waals surface area contributed by atoms with E-state index in [9.17, 15) is 4.79 Å². The van der Waals surface area contributed by atoms with Gasteiger partial charge in [-0.05, 0) is 18.6 Å². The predicted octanol–water partition coefficient (Wildman–Crippen LogP) is 3.58. The second-order valence-electron chi connectivity index (χ2n) is 3.15. The molecule has 76 valence electrons. The van der Waals surface area contributed by atoms with Crippen LogP contribution in [0.15, 0.2) is 24.4 Å². The Balaban J connectivity index is 2.44. The number of hydrogen-bond donors (Lipinski definition) is 0. The molecule has 0 unspecified atom stereocenters. The van der Waals surface area contributed by atoms with Gasteiger partial charge in [-0.2, -0.15) is 0 Å². The van der Waals surface area contributed by atoms with Crippen molar-refractivity contribution in [2.45, 2.75) is 6.92 Å². The van der Waals surface area contributed by atoms with Crippen LogP contribution in [0.2, 0.25) is 5.02 Å². The monoisotopic (exact) mass is 237 g/mol. The zero-order valence-electron chi connectivity index (χ0n) is 8.03. The first-order valence-corrected chi connectivity index (χ1v) is 5.57. The van der Waals surface area contributed by atoms with Crippen molar-refractivity contribution in [3.8, 4) is 10.6 Å².